The van der Waals surface area contributed by atoms with E-state index in [2.05, 4.69) is 5.32 Å². The number of ether oxygens (including phenoxy) is 6. The Bertz CT molecular complexity index is 836. The highest BCUT2D eigenvalue weighted by atomic mass is 16.6. The van der Waals surface area contributed by atoms with E-state index in [0.29, 0.717) is 88.6 Å². The maximum Gasteiger partial charge on any atom is 0.407 e. The normalized spacial score (nSPS) is 11.8. The standard InChI is InChI=1S/C32H53NO9/c1-30(2,3)40-27(34)15-10-12-18-37-24-21-25(38-19-13-11-16-28(35)41-31(4,5)6)23-26(22-24)39-20-14-17-33-29(36)42-32(7,8)9/h21-23H,10-20H2,1-9H3,(H,33,36). The van der Waals surface area contributed by atoms with Gasteiger partial charge in [0.25, 0.3) is 0 Å². The second-order valence-corrected chi connectivity index (χ2v) is 13.1. The lowest BCUT2D eigenvalue weighted by Gasteiger charge is -2.19. The van der Waals surface area contributed by atoms with Gasteiger partial charge in [-0.25, -0.2) is 4.79 Å². The van der Waals surface area contributed by atoms with Crippen LogP contribution in [0.4, 0.5) is 4.79 Å². The minimum absolute atomic E-state index is 0.221. The summed E-state index contributed by atoms with van der Waals surface area (Å²) in [6, 6.07) is 5.35. The van der Waals surface area contributed by atoms with E-state index in [1.165, 1.54) is 0 Å². The smallest absolute Gasteiger partial charge is 0.407 e. The van der Waals surface area contributed by atoms with Gasteiger partial charge in [-0.2, -0.15) is 0 Å². The van der Waals surface area contributed by atoms with Crippen LogP contribution in [-0.2, 0) is 23.8 Å². The molecule has 0 saturated carbocycles. The van der Waals surface area contributed by atoms with E-state index in [1.807, 2.05) is 62.3 Å². The summed E-state index contributed by atoms with van der Waals surface area (Å²) in [6.45, 7) is 18.1. The number of carbonyl (C=O) groups excluding carboxylic acids is 3. The zero-order chi connectivity index (χ0) is 31.8. The van der Waals surface area contributed by atoms with Crippen molar-refractivity contribution in [1.29, 1.82) is 0 Å². The molecular formula is C32H53NO9. The van der Waals surface area contributed by atoms with E-state index in [9.17, 15) is 14.4 Å². The van der Waals surface area contributed by atoms with Crippen LogP contribution in [0.5, 0.6) is 17.2 Å². The van der Waals surface area contributed by atoms with Gasteiger partial charge >= 0.3 is 18.0 Å². The maximum absolute atomic E-state index is 11.9. The van der Waals surface area contributed by atoms with E-state index in [0.717, 1.165) is 0 Å². The molecule has 0 aliphatic carbocycles. The zero-order valence-electron chi connectivity index (χ0n) is 27.2. The van der Waals surface area contributed by atoms with Crippen LogP contribution in [0.15, 0.2) is 18.2 Å². The molecule has 0 aliphatic heterocycles. The molecule has 10 nitrogen and oxygen atoms in total. The lowest BCUT2D eigenvalue weighted by Crippen LogP contribution is -2.33. The van der Waals surface area contributed by atoms with Crippen molar-refractivity contribution in [3.8, 4) is 17.2 Å². The number of nitrogens with one attached hydrogen (secondary N) is 1. The van der Waals surface area contributed by atoms with Gasteiger partial charge in [0, 0.05) is 37.6 Å². The van der Waals surface area contributed by atoms with Crippen molar-refractivity contribution in [2.45, 2.75) is 124 Å². The molecular weight excluding hydrogens is 542 g/mol. The monoisotopic (exact) mass is 595 g/mol. The Balaban J connectivity index is 2.61. The third-order valence-corrected chi connectivity index (χ3v) is 5.04. The van der Waals surface area contributed by atoms with Gasteiger partial charge < -0.3 is 33.7 Å². The molecule has 10 heteroatoms. The lowest BCUT2D eigenvalue weighted by molar-refractivity contribution is -0.156. The summed E-state index contributed by atoms with van der Waals surface area (Å²) in [7, 11) is 0. The fraction of sp³-hybridized carbons (Fsp3) is 0.719. The summed E-state index contributed by atoms with van der Waals surface area (Å²) < 4.78 is 33.7. The Kier molecular flexibility index (Phi) is 15.5. The van der Waals surface area contributed by atoms with E-state index in [-0.39, 0.29) is 11.9 Å². The molecule has 0 heterocycles. The van der Waals surface area contributed by atoms with Crippen molar-refractivity contribution in [2.75, 3.05) is 26.4 Å². The van der Waals surface area contributed by atoms with E-state index in [4.69, 9.17) is 28.4 Å². The summed E-state index contributed by atoms with van der Waals surface area (Å²) in [5.41, 5.74) is -1.54. The number of hydrogen-bond acceptors (Lipinski definition) is 9. The maximum atomic E-state index is 11.9. The minimum atomic E-state index is -0.553. The predicted molar refractivity (Wildman–Crippen MR) is 161 cm³/mol. The molecule has 1 rings (SSSR count). The summed E-state index contributed by atoms with van der Waals surface area (Å²) in [5.74, 6) is 1.30. The summed E-state index contributed by atoms with van der Waals surface area (Å²) in [6.07, 6.45) is 3.44. The molecule has 0 spiro atoms. The van der Waals surface area contributed by atoms with Crippen LogP contribution in [0.1, 0.15) is 107 Å². The predicted octanol–water partition coefficient (Wildman–Crippen LogP) is 6.76. The first-order valence-corrected chi connectivity index (χ1v) is 14.9. The van der Waals surface area contributed by atoms with Gasteiger partial charge in [0.2, 0.25) is 0 Å². The van der Waals surface area contributed by atoms with Crippen LogP contribution in [0.2, 0.25) is 0 Å². The topological polar surface area (TPSA) is 119 Å². The summed E-state index contributed by atoms with van der Waals surface area (Å²) in [5, 5.41) is 2.71. The van der Waals surface area contributed by atoms with Crippen LogP contribution in [0, 0.1) is 0 Å². The SMILES string of the molecule is CC(C)(C)OC(=O)CCCCOc1cc(OCCCCC(=O)OC(C)(C)C)cc(OCCCNC(=O)OC(C)(C)C)c1. The quantitative estimate of drug-likeness (QED) is 0.118. The molecule has 42 heavy (non-hydrogen) atoms. The van der Waals surface area contributed by atoms with E-state index in [1.54, 1.807) is 18.2 Å². The van der Waals surface area contributed by atoms with Gasteiger partial charge in [0.1, 0.15) is 34.1 Å². The Labute approximate surface area is 252 Å². The number of amides is 1. The van der Waals surface area contributed by atoms with Gasteiger partial charge in [0.05, 0.1) is 19.8 Å². The van der Waals surface area contributed by atoms with Crippen molar-refractivity contribution in [2.24, 2.45) is 0 Å². The van der Waals surface area contributed by atoms with Gasteiger partial charge in [0.15, 0.2) is 0 Å². The first kappa shape index (κ1) is 36.9. The highest BCUT2D eigenvalue weighted by Gasteiger charge is 2.17. The number of esters is 2. The molecule has 0 atom stereocenters. The lowest BCUT2D eigenvalue weighted by atomic mass is 10.2. The highest BCUT2D eigenvalue weighted by Crippen LogP contribution is 2.28. The molecule has 1 aromatic carbocycles. The van der Waals surface area contributed by atoms with Crippen molar-refractivity contribution >= 4 is 18.0 Å². The number of unbranched alkanes of at least 4 members (excludes halogenated alkanes) is 2. The molecule has 0 aromatic heterocycles. The first-order valence-electron chi connectivity index (χ1n) is 14.9. The van der Waals surface area contributed by atoms with Gasteiger partial charge in [-0.15, -0.1) is 0 Å². The summed E-state index contributed by atoms with van der Waals surface area (Å²) in [4.78, 5) is 35.7. The Morgan fingerprint density at radius 1 is 0.548 bits per heavy atom. The van der Waals surface area contributed by atoms with Crippen LogP contribution in [0.3, 0.4) is 0 Å². The van der Waals surface area contributed by atoms with Gasteiger partial charge in [-0.1, -0.05) is 0 Å². The first-order chi connectivity index (χ1) is 19.4. The molecule has 1 amide bonds. The fourth-order valence-corrected chi connectivity index (χ4v) is 3.47. The van der Waals surface area contributed by atoms with Crippen molar-refractivity contribution in [3.63, 3.8) is 0 Å². The van der Waals surface area contributed by atoms with Gasteiger partial charge in [-0.3, -0.25) is 9.59 Å². The van der Waals surface area contributed by atoms with Crippen LogP contribution in [-0.4, -0.2) is 61.2 Å². The third-order valence-electron chi connectivity index (χ3n) is 5.04. The largest absolute Gasteiger partial charge is 0.493 e. The van der Waals surface area contributed by atoms with Crippen LogP contribution >= 0.6 is 0 Å². The Morgan fingerprint density at radius 2 is 0.905 bits per heavy atom. The minimum Gasteiger partial charge on any atom is -0.493 e. The van der Waals surface area contributed by atoms with E-state index >= 15 is 0 Å². The third kappa shape index (κ3) is 20.7. The molecule has 0 bridgehead atoms. The van der Waals surface area contributed by atoms with Crippen molar-refractivity contribution < 1.29 is 42.8 Å². The molecule has 0 saturated heterocycles. The van der Waals surface area contributed by atoms with Crippen molar-refractivity contribution in [3.05, 3.63) is 18.2 Å². The molecule has 0 fully saturated rings. The van der Waals surface area contributed by atoms with E-state index < -0.39 is 22.9 Å². The van der Waals surface area contributed by atoms with Gasteiger partial charge in [-0.05, 0) is 94.4 Å². The number of carbonyl (C=O) groups is 3. The Morgan fingerprint density at radius 3 is 1.26 bits per heavy atom. The summed E-state index contributed by atoms with van der Waals surface area (Å²) >= 11 is 0. The molecule has 1 aromatic rings. The zero-order valence-corrected chi connectivity index (χ0v) is 27.2. The highest BCUT2D eigenvalue weighted by molar-refractivity contribution is 5.70. The van der Waals surface area contributed by atoms with Crippen LogP contribution in [0.25, 0.3) is 0 Å². The second kappa shape index (κ2) is 17.7. The molecule has 240 valence electrons. The second-order valence-electron chi connectivity index (χ2n) is 13.1. The number of hydrogen-bond donors (Lipinski definition) is 1. The van der Waals surface area contributed by atoms with Crippen LogP contribution < -0.4 is 19.5 Å². The fourth-order valence-electron chi connectivity index (χ4n) is 3.47. The molecule has 1 N–H and O–H groups in total. The average Bonchev–Trinajstić information content (AvgIpc) is 2.80. The number of rotatable bonds is 17. The van der Waals surface area contributed by atoms with Crippen molar-refractivity contribution in [1.82, 2.24) is 5.32 Å². The Hall–Kier alpha value is -3.17. The number of benzene rings is 1. The molecule has 0 radical (unpaired) electrons. The molecule has 0 aliphatic rings. The number of alkyl carbamates (subject to hydrolysis) is 1. The molecule has 0 unspecified atom stereocenters. The average molecular weight is 596 g/mol.